The van der Waals surface area contributed by atoms with Crippen LogP contribution in [0.1, 0.15) is 33.3 Å². The summed E-state index contributed by atoms with van der Waals surface area (Å²) in [7, 11) is 0. The van der Waals surface area contributed by atoms with E-state index in [0.717, 1.165) is 12.2 Å². The van der Waals surface area contributed by atoms with Crippen molar-refractivity contribution in [3.63, 3.8) is 0 Å². The highest BCUT2D eigenvalue weighted by Crippen LogP contribution is 2.28. The van der Waals surface area contributed by atoms with E-state index in [1.165, 1.54) is 0 Å². The number of benzene rings is 1. The monoisotopic (exact) mass is 250 g/mol. The normalized spacial score (nSPS) is 10.7. The minimum absolute atomic E-state index is 0.350. The van der Waals surface area contributed by atoms with Crippen molar-refractivity contribution in [1.29, 1.82) is 5.26 Å². The second-order valence-corrected chi connectivity index (χ2v) is 5.29. The molecule has 0 atom stereocenters. The molecule has 3 heteroatoms. The Balaban J connectivity index is 3.19. The van der Waals surface area contributed by atoms with Crippen molar-refractivity contribution in [2.75, 3.05) is 11.4 Å². The van der Waals surface area contributed by atoms with Crippen molar-refractivity contribution >= 4 is 17.3 Å². The lowest BCUT2D eigenvalue weighted by atomic mass is 10.1. The summed E-state index contributed by atoms with van der Waals surface area (Å²) >= 11 is 6.07. The third kappa shape index (κ3) is 3.38. The lowest BCUT2D eigenvalue weighted by Gasteiger charge is -2.31. The number of hydrogen-bond donors (Lipinski definition) is 0. The molecule has 0 unspecified atom stereocenters. The molecule has 0 aliphatic heterocycles. The highest BCUT2D eigenvalue weighted by Gasteiger charge is 2.17. The Morgan fingerprint density at radius 3 is 2.41 bits per heavy atom. The molecule has 0 aliphatic rings. The maximum absolute atomic E-state index is 9.20. The van der Waals surface area contributed by atoms with Gasteiger partial charge in [0.05, 0.1) is 16.3 Å². The Hall–Kier alpha value is -1.20. The van der Waals surface area contributed by atoms with Crippen LogP contribution in [0, 0.1) is 17.2 Å². The van der Waals surface area contributed by atoms with Crippen LogP contribution in [0.2, 0.25) is 5.02 Å². The van der Waals surface area contributed by atoms with Crippen molar-refractivity contribution in [3.05, 3.63) is 28.8 Å². The van der Waals surface area contributed by atoms with Gasteiger partial charge in [0.1, 0.15) is 6.07 Å². The van der Waals surface area contributed by atoms with Gasteiger partial charge in [0.25, 0.3) is 0 Å². The summed E-state index contributed by atoms with van der Waals surface area (Å²) in [4.78, 5) is 2.23. The van der Waals surface area contributed by atoms with Crippen LogP contribution in [0.5, 0.6) is 0 Å². The first-order valence-electron chi connectivity index (χ1n) is 5.92. The lowest BCUT2D eigenvalue weighted by molar-refractivity contribution is 0.570. The van der Waals surface area contributed by atoms with Crippen molar-refractivity contribution in [3.8, 4) is 6.07 Å². The molecule has 92 valence electrons. The minimum atomic E-state index is 0.350. The Morgan fingerprint density at radius 1 is 1.29 bits per heavy atom. The molecule has 0 heterocycles. The second kappa shape index (κ2) is 5.93. The summed E-state index contributed by atoms with van der Waals surface area (Å²) in [5.74, 6) is 0.544. The summed E-state index contributed by atoms with van der Waals surface area (Å²) in [5, 5.41) is 9.73. The van der Waals surface area contributed by atoms with Crippen molar-refractivity contribution < 1.29 is 0 Å². The first-order valence-corrected chi connectivity index (χ1v) is 6.30. The SMILES string of the molecule is CC(C)CN(c1cccc(Cl)c1C#N)C(C)C. The fourth-order valence-corrected chi connectivity index (χ4v) is 2.06. The van der Waals surface area contributed by atoms with Crippen molar-refractivity contribution in [1.82, 2.24) is 0 Å². The van der Waals surface area contributed by atoms with Crippen LogP contribution in [-0.2, 0) is 0 Å². The summed E-state index contributed by atoms with van der Waals surface area (Å²) in [5.41, 5.74) is 1.51. The second-order valence-electron chi connectivity index (χ2n) is 4.89. The molecule has 0 saturated carbocycles. The molecule has 1 aromatic rings. The number of nitriles is 1. The zero-order valence-electron chi connectivity index (χ0n) is 10.9. The summed E-state index contributed by atoms with van der Waals surface area (Å²) in [6, 6.07) is 8.17. The van der Waals surface area contributed by atoms with Gasteiger partial charge in [-0.15, -0.1) is 0 Å². The van der Waals surface area contributed by atoms with E-state index in [4.69, 9.17) is 11.6 Å². The van der Waals surface area contributed by atoms with Gasteiger partial charge in [-0.3, -0.25) is 0 Å². The van der Waals surface area contributed by atoms with Gasteiger partial charge in [-0.2, -0.15) is 5.26 Å². The van der Waals surface area contributed by atoms with Gasteiger partial charge >= 0.3 is 0 Å². The third-order valence-corrected chi connectivity index (χ3v) is 2.91. The zero-order valence-corrected chi connectivity index (χ0v) is 11.6. The molecule has 17 heavy (non-hydrogen) atoms. The quantitative estimate of drug-likeness (QED) is 0.805. The molecule has 0 amide bonds. The molecule has 0 radical (unpaired) electrons. The molecule has 0 spiro atoms. The van der Waals surface area contributed by atoms with E-state index in [0.29, 0.717) is 22.5 Å². The van der Waals surface area contributed by atoms with E-state index in [2.05, 4.69) is 38.7 Å². The number of anilines is 1. The van der Waals surface area contributed by atoms with E-state index in [1.807, 2.05) is 12.1 Å². The molecule has 1 rings (SSSR count). The zero-order chi connectivity index (χ0) is 13.0. The average molecular weight is 251 g/mol. The number of halogens is 1. The third-order valence-electron chi connectivity index (χ3n) is 2.60. The van der Waals surface area contributed by atoms with Gasteiger partial charge in [-0.05, 0) is 31.9 Å². The number of hydrogen-bond acceptors (Lipinski definition) is 2. The summed E-state index contributed by atoms with van der Waals surface area (Å²) in [6.45, 7) is 9.53. The molecular weight excluding hydrogens is 232 g/mol. The van der Waals surface area contributed by atoms with Gasteiger partial charge in [0, 0.05) is 12.6 Å². The molecule has 0 fully saturated rings. The maximum atomic E-state index is 9.20. The van der Waals surface area contributed by atoms with Crippen LogP contribution in [-0.4, -0.2) is 12.6 Å². The largest absolute Gasteiger partial charge is 0.368 e. The van der Waals surface area contributed by atoms with Gasteiger partial charge in [0.15, 0.2) is 0 Å². The first kappa shape index (κ1) is 13.9. The van der Waals surface area contributed by atoms with Gasteiger partial charge in [-0.1, -0.05) is 31.5 Å². The Morgan fingerprint density at radius 2 is 1.94 bits per heavy atom. The summed E-state index contributed by atoms with van der Waals surface area (Å²) in [6.07, 6.45) is 0. The van der Waals surface area contributed by atoms with E-state index >= 15 is 0 Å². The Labute approximate surface area is 109 Å². The van der Waals surface area contributed by atoms with E-state index in [9.17, 15) is 5.26 Å². The van der Waals surface area contributed by atoms with E-state index in [1.54, 1.807) is 6.07 Å². The number of nitrogens with zero attached hydrogens (tertiary/aromatic N) is 2. The van der Waals surface area contributed by atoms with E-state index < -0.39 is 0 Å². The Kier molecular flexibility index (Phi) is 4.84. The van der Waals surface area contributed by atoms with Gasteiger partial charge in [0.2, 0.25) is 0 Å². The summed E-state index contributed by atoms with van der Waals surface area (Å²) < 4.78 is 0. The standard InChI is InChI=1S/C14H19ClN2/c1-10(2)9-17(11(3)4)14-7-5-6-13(15)12(14)8-16/h5-7,10-11H,9H2,1-4H3. The first-order chi connectivity index (χ1) is 7.97. The molecule has 0 saturated heterocycles. The molecule has 0 aliphatic carbocycles. The molecule has 0 bridgehead atoms. The molecule has 1 aromatic carbocycles. The smallest absolute Gasteiger partial charge is 0.103 e. The highest BCUT2D eigenvalue weighted by atomic mass is 35.5. The van der Waals surface area contributed by atoms with Gasteiger partial charge < -0.3 is 4.90 Å². The average Bonchev–Trinajstić information content (AvgIpc) is 2.25. The fraction of sp³-hybridized carbons (Fsp3) is 0.500. The van der Waals surface area contributed by atoms with Crippen LogP contribution in [0.15, 0.2) is 18.2 Å². The van der Waals surface area contributed by atoms with Crippen molar-refractivity contribution in [2.24, 2.45) is 5.92 Å². The predicted molar refractivity (Wildman–Crippen MR) is 73.5 cm³/mol. The molecule has 0 aromatic heterocycles. The molecule has 0 N–H and O–H groups in total. The van der Waals surface area contributed by atoms with Crippen LogP contribution >= 0.6 is 11.6 Å². The molecular formula is C14H19ClN2. The van der Waals surface area contributed by atoms with Gasteiger partial charge in [-0.25, -0.2) is 0 Å². The predicted octanol–water partition coefficient (Wildman–Crippen LogP) is 4.08. The van der Waals surface area contributed by atoms with Crippen LogP contribution in [0.25, 0.3) is 0 Å². The van der Waals surface area contributed by atoms with Crippen LogP contribution in [0.3, 0.4) is 0 Å². The fourth-order valence-electron chi connectivity index (χ4n) is 1.84. The highest BCUT2D eigenvalue weighted by molar-refractivity contribution is 6.32. The van der Waals surface area contributed by atoms with Crippen molar-refractivity contribution in [2.45, 2.75) is 33.7 Å². The van der Waals surface area contributed by atoms with Crippen LogP contribution < -0.4 is 4.90 Å². The topological polar surface area (TPSA) is 27.0 Å². The lowest BCUT2D eigenvalue weighted by Crippen LogP contribution is -2.34. The van der Waals surface area contributed by atoms with Crippen LogP contribution in [0.4, 0.5) is 5.69 Å². The minimum Gasteiger partial charge on any atom is -0.368 e. The Bertz CT molecular complexity index is 419. The van der Waals surface area contributed by atoms with E-state index in [-0.39, 0.29) is 0 Å². The maximum Gasteiger partial charge on any atom is 0.103 e. The number of rotatable bonds is 4. The molecule has 2 nitrogen and oxygen atoms in total.